The molecule has 0 bridgehead atoms. The molecule has 0 saturated heterocycles. The number of amides is 1. The number of aromatic nitrogens is 3. The Morgan fingerprint density at radius 3 is 2.54 bits per heavy atom. The first kappa shape index (κ1) is 16.2. The van der Waals surface area contributed by atoms with E-state index in [4.69, 9.17) is 4.98 Å². The van der Waals surface area contributed by atoms with Gasteiger partial charge in [-0.1, -0.05) is 6.07 Å². The van der Waals surface area contributed by atoms with Gasteiger partial charge in [0.2, 0.25) is 5.91 Å². The summed E-state index contributed by atoms with van der Waals surface area (Å²) >= 11 is 0. The smallest absolute Gasteiger partial charge is 0.225 e. The molecule has 0 radical (unpaired) electrons. The first-order chi connectivity index (χ1) is 11.3. The number of anilines is 1. The van der Waals surface area contributed by atoms with Gasteiger partial charge in [-0.2, -0.15) is 0 Å². The second kappa shape index (κ2) is 5.74. The molecular formula is C19H22N4O. The number of hydrogen-bond donors (Lipinski definition) is 0. The Hall–Kier alpha value is -2.69. The number of pyridine rings is 2. The van der Waals surface area contributed by atoms with Crippen molar-refractivity contribution in [1.29, 1.82) is 0 Å². The minimum absolute atomic E-state index is 0.0259. The third kappa shape index (κ3) is 2.77. The highest BCUT2D eigenvalue weighted by Gasteiger charge is 2.31. The predicted molar refractivity (Wildman–Crippen MR) is 96.1 cm³/mol. The summed E-state index contributed by atoms with van der Waals surface area (Å²) in [7, 11) is 0. The van der Waals surface area contributed by atoms with Crippen LogP contribution in [0.1, 0.15) is 33.3 Å². The monoisotopic (exact) mass is 322 g/mol. The second-order valence-corrected chi connectivity index (χ2v) is 6.96. The van der Waals surface area contributed by atoms with Gasteiger partial charge in [0.15, 0.2) is 0 Å². The van der Waals surface area contributed by atoms with Crippen LogP contribution in [-0.2, 0) is 4.79 Å². The third-order valence-corrected chi connectivity index (χ3v) is 3.86. The molecule has 0 spiro atoms. The van der Waals surface area contributed by atoms with Crippen molar-refractivity contribution in [2.24, 2.45) is 0 Å². The van der Waals surface area contributed by atoms with E-state index in [1.54, 1.807) is 18.0 Å². The van der Waals surface area contributed by atoms with E-state index in [-0.39, 0.29) is 11.4 Å². The molecule has 5 heteroatoms. The molecule has 0 atom stereocenters. The SMILES string of the molecule is CC(=O)N(c1c(-c2ccccn2)nc2cc(C)ccn12)C(C)(C)C. The van der Waals surface area contributed by atoms with E-state index in [0.29, 0.717) is 5.69 Å². The van der Waals surface area contributed by atoms with Crippen LogP contribution in [0.3, 0.4) is 0 Å². The van der Waals surface area contributed by atoms with E-state index in [1.807, 2.05) is 68.6 Å². The van der Waals surface area contributed by atoms with Crippen molar-refractivity contribution in [3.05, 3.63) is 48.3 Å². The van der Waals surface area contributed by atoms with Crippen LogP contribution < -0.4 is 4.90 Å². The number of hydrogen-bond acceptors (Lipinski definition) is 3. The van der Waals surface area contributed by atoms with Gasteiger partial charge in [-0.05, 0) is 57.5 Å². The van der Waals surface area contributed by atoms with Gasteiger partial charge in [-0.25, -0.2) is 4.98 Å². The summed E-state index contributed by atoms with van der Waals surface area (Å²) in [5.41, 5.74) is 3.02. The zero-order valence-electron chi connectivity index (χ0n) is 14.7. The van der Waals surface area contributed by atoms with Gasteiger partial charge >= 0.3 is 0 Å². The Bertz CT molecular complexity index is 891. The van der Waals surface area contributed by atoms with Crippen LogP contribution in [-0.4, -0.2) is 25.8 Å². The first-order valence-corrected chi connectivity index (χ1v) is 8.00. The highest BCUT2D eigenvalue weighted by atomic mass is 16.2. The van der Waals surface area contributed by atoms with Gasteiger partial charge in [-0.3, -0.25) is 19.1 Å². The minimum atomic E-state index is -0.379. The summed E-state index contributed by atoms with van der Waals surface area (Å²) in [5.74, 6) is 0.728. The Labute approximate surface area is 142 Å². The normalized spacial score (nSPS) is 11.7. The summed E-state index contributed by atoms with van der Waals surface area (Å²) < 4.78 is 1.96. The number of aryl methyl sites for hydroxylation is 1. The average Bonchev–Trinajstić information content (AvgIpc) is 2.84. The lowest BCUT2D eigenvalue weighted by Gasteiger charge is -2.34. The summed E-state index contributed by atoms with van der Waals surface area (Å²) in [6, 6.07) is 9.74. The molecule has 3 rings (SSSR count). The standard InChI is InChI=1S/C19H22N4O/c1-13-9-11-22-16(12-13)21-17(15-8-6-7-10-20-15)18(22)23(14(2)24)19(3,4)5/h6-12H,1-5H3. The first-order valence-electron chi connectivity index (χ1n) is 8.00. The molecule has 0 aliphatic rings. The molecule has 1 amide bonds. The van der Waals surface area contributed by atoms with E-state index >= 15 is 0 Å². The molecule has 3 aromatic heterocycles. The highest BCUT2D eigenvalue weighted by Crippen LogP contribution is 2.34. The highest BCUT2D eigenvalue weighted by molar-refractivity contribution is 5.96. The van der Waals surface area contributed by atoms with Crippen molar-refractivity contribution in [1.82, 2.24) is 14.4 Å². The van der Waals surface area contributed by atoms with Crippen molar-refractivity contribution in [3.63, 3.8) is 0 Å². The number of rotatable bonds is 2. The van der Waals surface area contributed by atoms with Crippen LogP contribution in [0, 0.1) is 6.92 Å². The molecule has 24 heavy (non-hydrogen) atoms. The lowest BCUT2D eigenvalue weighted by Crippen LogP contribution is -2.45. The van der Waals surface area contributed by atoms with Crippen LogP contribution in [0.5, 0.6) is 0 Å². The van der Waals surface area contributed by atoms with Crippen LogP contribution in [0.4, 0.5) is 5.82 Å². The van der Waals surface area contributed by atoms with E-state index < -0.39 is 0 Å². The maximum absolute atomic E-state index is 12.4. The van der Waals surface area contributed by atoms with Gasteiger partial charge in [0.1, 0.15) is 17.2 Å². The number of nitrogens with zero attached hydrogens (tertiary/aromatic N) is 4. The molecule has 3 aromatic rings. The molecule has 0 aliphatic carbocycles. The van der Waals surface area contributed by atoms with Crippen LogP contribution in [0.2, 0.25) is 0 Å². The molecule has 0 unspecified atom stereocenters. The lowest BCUT2D eigenvalue weighted by molar-refractivity contribution is -0.117. The van der Waals surface area contributed by atoms with Crippen molar-refractivity contribution in [2.45, 2.75) is 40.2 Å². The maximum atomic E-state index is 12.4. The molecule has 0 fully saturated rings. The minimum Gasteiger partial charge on any atom is -0.291 e. The molecule has 124 valence electrons. The molecule has 0 aromatic carbocycles. The number of carbonyl (C=O) groups excluding carboxylic acids is 1. The van der Waals surface area contributed by atoms with Gasteiger partial charge in [0, 0.05) is 24.9 Å². The summed E-state index contributed by atoms with van der Waals surface area (Å²) in [6.45, 7) is 9.67. The quantitative estimate of drug-likeness (QED) is 0.720. The van der Waals surface area contributed by atoms with Gasteiger partial charge in [0.25, 0.3) is 0 Å². The zero-order valence-corrected chi connectivity index (χ0v) is 14.7. The number of carbonyl (C=O) groups is 1. The molecule has 0 aliphatic heterocycles. The van der Waals surface area contributed by atoms with E-state index in [2.05, 4.69) is 4.98 Å². The topological polar surface area (TPSA) is 50.5 Å². The van der Waals surface area contributed by atoms with Crippen molar-refractivity contribution in [2.75, 3.05) is 4.90 Å². The summed E-state index contributed by atoms with van der Waals surface area (Å²) in [4.78, 5) is 23.4. The Kier molecular flexibility index (Phi) is 3.87. The van der Waals surface area contributed by atoms with E-state index in [9.17, 15) is 4.79 Å². The summed E-state index contributed by atoms with van der Waals surface area (Å²) in [5, 5.41) is 0. The Morgan fingerprint density at radius 2 is 1.96 bits per heavy atom. The maximum Gasteiger partial charge on any atom is 0.225 e. The Balaban J connectivity index is 2.37. The fraction of sp³-hybridized carbons (Fsp3) is 0.316. The lowest BCUT2D eigenvalue weighted by atomic mass is 10.1. The second-order valence-electron chi connectivity index (χ2n) is 6.96. The van der Waals surface area contributed by atoms with Crippen LogP contribution in [0.15, 0.2) is 42.7 Å². The molecule has 3 heterocycles. The van der Waals surface area contributed by atoms with Crippen molar-refractivity contribution >= 4 is 17.4 Å². The molecule has 0 N–H and O–H groups in total. The molecule has 0 saturated carbocycles. The van der Waals surface area contributed by atoms with Gasteiger partial charge in [0.05, 0.1) is 5.69 Å². The van der Waals surface area contributed by atoms with Gasteiger partial charge < -0.3 is 0 Å². The number of fused-ring (bicyclic) bond motifs is 1. The van der Waals surface area contributed by atoms with E-state index in [1.165, 1.54) is 0 Å². The van der Waals surface area contributed by atoms with Crippen LogP contribution in [0.25, 0.3) is 17.0 Å². The summed E-state index contributed by atoms with van der Waals surface area (Å²) in [6.07, 6.45) is 3.70. The molecular weight excluding hydrogens is 300 g/mol. The molecule has 5 nitrogen and oxygen atoms in total. The van der Waals surface area contributed by atoms with Crippen molar-refractivity contribution < 1.29 is 4.79 Å². The average molecular weight is 322 g/mol. The fourth-order valence-electron chi connectivity index (χ4n) is 2.96. The zero-order chi connectivity index (χ0) is 17.5. The van der Waals surface area contributed by atoms with E-state index in [0.717, 1.165) is 22.7 Å². The van der Waals surface area contributed by atoms with Crippen LogP contribution >= 0.6 is 0 Å². The fourth-order valence-corrected chi connectivity index (χ4v) is 2.96. The number of imidazole rings is 1. The predicted octanol–water partition coefficient (Wildman–Crippen LogP) is 3.86. The van der Waals surface area contributed by atoms with Crippen molar-refractivity contribution in [3.8, 4) is 11.4 Å². The third-order valence-electron chi connectivity index (χ3n) is 3.86. The largest absolute Gasteiger partial charge is 0.291 e. The van der Waals surface area contributed by atoms with Gasteiger partial charge in [-0.15, -0.1) is 0 Å². The Morgan fingerprint density at radius 1 is 1.21 bits per heavy atom.